The van der Waals surface area contributed by atoms with Crippen molar-refractivity contribution in [3.8, 4) is 11.5 Å². The normalized spacial score (nSPS) is 17.2. The van der Waals surface area contributed by atoms with Gasteiger partial charge in [-0.25, -0.2) is 0 Å². The smallest absolute Gasteiger partial charge is 0.191 e. The molecular formula is C23H28N4O2S. The van der Waals surface area contributed by atoms with Crippen LogP contribution in [0.5, 0.6) is 11.5 Å². The molecule has 1 fully saturated rings. The standard InChI is InChI=1S/C23H28N4O2S/c1-26-22(24-25-23(26)30-16-17-7-4-3-5-8-17)18-9-6-12-27(14-18)15-19-13-20(29-2)10-11-21(19)28/h3-5,7-8,10-11,13,18,28H,6,9,12,14-16H2,1-2H3. The fraction of sp³-hybridized carbons (Fsp3) is 0.391. The number of piperidine rings is 1. The van der Waals surface area contributed by atoms with Crippen LogP contribution in [0, 0.1) is 0 Å². The second-order valence-electron chi connectivity index (χ2n) is 7.74. The largest absolute Gasteiger partial charge is 0.508 e. The van der Waals surface area contributed by atoms with Crippen molar-refractivity contribution in [2.24, 2.45) is 7.05 Å². The second kappa shape index (κ2) is 9.53. The molecule has 2 aromatic carbocycles. The SMILES string of the molecule is COc1ccc(O)c(CN2CCCC(c3nnc(SCc4ccccc4)n3C)C2)c1. The van der Waals surface area contributed by atoms with E-state index < -0.39 is 0 Å². The highest BCUT2D eigenvalue weighted by Gasteiger charge is 2.26. The first-order valence-corrected chi connectivity index (χ1v) is 11.3. The summed E-state index contributed by atoms with van der Waals surface area (Å²) in [6.45, 7) is 2.62. The number of benzene rings is 2. The average molecular weight is 425 g/mol. The van der Waals surface area contributed by atoms with E-state index in [0.29, 0.717) is 18.2 Å². The molecule has 1 aliphatic heterocycles. The summed E-state index contributed by atoms with van der Waals surface area (Å²) in [4.78, 5) is 2.38. The molecule has 1 aromatic heterocycles. The summed E-state index contributed by atoms with van der Waals surface area (Å²) in [5.41, 5.74) is 2.18. The van der Waals surface area contributed by atoms with E-state index in [1.807, 2.05) is 12.1 Å². The molecule has 0 amide bonds. The maximum Gasteiger partial charge on any atom is 0.191 e. The van der Waals surface area contributed by atoms with Crippen LogP contribution in [0.15, 0.2) is 53.7 Å². The van der Waals surface area contributed by atoms with Crippen LogP contribution in [0.2, 0.25) is 0 Å². The minimum atomic E-state index is 0.316. The van der Waals surface area contributed by atoms with Gasteiger partial charge in [0.05, 0.1) is 7.11 Å². The van der Waals surface area contributed by atoms with Crippen molar-refractivity contribution in [1.82, 2.24) is 19.7 Å². The van der Waals surface area contributed by atoms with E-state index in [9.17, 15) is 5.11 Å². The van der Waals surface area contributed by atoms with Gasteiger partial charge in [-0.1, -0.05) is 42.1 Å². The minimum absolute atomic E-state index is 0.316. The van der Waals surface area contributed by atoms with Gasteiger partial charge in [0, 0.05) is 37.4 Å². The van der Waals surface area contributed by atoms with E-state index in [1.54, 1.807) is 31.0 Å². The molecular weight excluding hydrogens is 396 g/mol. The van der Waals surface area contributed by atoms with Crippen LogP contribution in [0.3, 0.4) is 0 Å². The Hall–Kier alpha value is -2.51. The highest BCUT2D eigenvalue weighted by molar-refractivity contribution is 7.98. The highest BCUT2D eigenvalue weighted by atomic mass is 32.2. The van der Waals surface area contributed by atoms with Gasteiger partial charge in [-0.2, -0.15) is 0 Å². The molecule has 1 atom stereocenters. The molecule has 0 radical (unpaired) electrons. The van der Waals surface area contributed by atoms with Gasteiger partial charge in [0.1, 0.15) is 17.3 Å². The zero-order chi connectivity index (χ0) is 20.9. The van der Waals surface area contributed by atoms with Gasteiger partial charge in [-0.3, -0.25) is 4.90 Å². The predicted octanol–water partition coefficient (Wildman–Crippen LogP) is 4.20. The van der Waals surface area contributed by atoms with Gasteiger partial charge in [0.25, 0.3) is 0 Å². The molecule has 0 aliphatic carbocycles. The molecule has 1 saturated heterocycles. The maximum atomic E-state index is 10.2. The summed E-state index contributed by atoms with van der Waals surface area (Å²) in [5, 5.41) is 20.2. The lowest BCUT2D eigenvalue weighted by Crippen LogP contribution is -2.34. The number of aromatic nitrogens is 3. The number of ether oxygens (including phenoxy) is 1. The van der Waals surface area contributed by atoms with Crippen LogP contribution in [0.1, 0.15) is 35.7 Å². The van der Waals surface area contributed by atoms with Crippen molar-refractivity contribution >= 4 is 11.8 Å². The number of hydrogen-bond donors (Lipinski definition) is 1. The fourth-order valence-electron chi connectivity index (χ4n) is 4.00. The van der Waals surface area contributed by atoms with Crippen LogP contribution in [0.25, 0.3) is 0 Å². The van der Waals surface area contributed by atoms with Crippen LogP contribution in [0.4, 0.5) is 0 Å². The van der Waals surface area contributed by atoms with E-state index in [-0.39, 0.29) is 0 Å². The van der Waals surface area contributed by atoms with Crippen molar-refractivity contribution < 1.29 is 9.84 Å². The van der Waals surface area contributed by atoms with Crippen LogP contribution in [-0.2, 0) is 19.3 Å². The molecule has 0 bridgehead atoms. The number of thioether (sulfide) groups is 1. The summed E-state index contributed by atoms with van der Waals surface area (Å²) >= 11 is 1.72. The van der Waals surface area contributed by atoms with Crippen molar-refractivity contribution in [2.45, 2.75) is 36.2 Å². The summed E-state index contributed by atoms with van der Waals surface area (Å²) in [7, 11) is 3.71. The Morgan fingerprint density at radius 2 is 2.00 bits per heavy atom. The number of methoxy groups -OCH3 is 1. The van der Waals surface area contributed by atoms with E-state index in [0.717, 1.165) is 54.0 Å². The van der Waals surface area contributed by atoms with E-state index in [2.05, 4.69) is 51.0 Å². The molecule has 1 unspecified atom stereocenters. The number of nitrogens with zero attached hydrogens (tertiary/aromatic N) is 4. The number of phenolic OH excluding ortho intramolecular Hbond substituents is 1. The molecule has 7 heteroatoms. The number of phenols is 1. The molecule has 0 saturated carbocycles. The van der Waals surface area contributed by atoms with E-state index >= 15 is 0 Å². The lowest BCUT2D eigenvalue weighted by molar-refractivity contribution is 0.193. The predicted molar refractivity (Wildman–Crippen MR) is 119 cm³/mol. The average Bonchev–Trinajstić information content (AvgIpc) is 3.15. The third-order valence-electron chi connectivity index (χ3n) is 5.63. The molecule has 30 heavy (non-hydrogen) atoms. The number of rotatable bonds is 7. The fourth-order valence-corrected chi connectivity index (χ4v) is 4.87. The molecule has 6 nitrogen and oxygen atoms in total. The van der Waals surface area contributed by atoms with E-state index in [1.165, 1.54) is 5.56 Å². The first kappa shape index (κ1) is 20.8. The lowest BCUT2D eigenvalue weighted by Gasteiger charge is -2.32. The van der Waals surface area contributed by atoms with Crippen molar-refractivity contribution in [3.63, 3.8) is 0 Å². The lowest BCUT2D eigenvalue weighted by atomic mass is 9.96. The third-order valence-corrected chi connectivity index (χ3v) is 6.72. The Kier molecular flexibility index (Phi) is 6.59. The molecule has 3 aromatic rings. The quantitative estimate of drug-likeness (QED) is 0.574. The monoisotopic (exact) mass is 424 g/mol. The van der Waals surface area contributed by atoms with Crippen LogP contribution >= 0.6 is 11.8 Å². The van der Waals surface area contributed by atoms with Crippen molar-refractivity contribution in [3.05, 3.63) is 65.5 Å². The molecule has 1 aliphatic rings. The summed E-state index contributed by atoms with van der Waals surface area (Å²) < 4.78 is 7.45. The van der Waals surface area contributed by atoms with Gasteiger partial charge in [0.15, 0.2) is 5.16 Å². The number of aromatic hydroxyl groups is 1. The Bertz CT molecular complexity index is 977. The van der Waals surface area contributed by atoms with Gasteiger partial charge < -0.3 is 14.4 Å². The Balaban J connectivity index is 1.41. The summed E-state index contributed by atoms with van der Waals surface area (Å²) in [5.74, 6) is 3.36. The van der Waals surface area contributed by atoms with Crippen molar-refractivity contribution in [2.75, 3.05) is 20.2 Å². The Morgan fingerprint density at radius 3 is 2.80 bits per heavy atom. The van der Waals surface area contributed by atoms with Gasteiger partial charge in [0.2, 0.25) is 0 Å². The third kappa shape index (κ3) is 4.79. The molecule has 1 N–H and O–H groups in total. The molecule has 158 valence electrons. The highest BCUT2D eigenvalue weighted by Crippen LogP contribution is 2.31. The minimum Gasteiger partial charge on any atom is -0.508 e. The molecule has 4 rings (SSSR count). The summed E-state index contributed by atoms with van der Waals surface area (Å²) in [6.07, 6.45) is 2.21. The van der Waals surface area contributed by atoms with E-state index in [4.69, 9.17) is 4.74 Å². The summed E-state index contributed by atoms with van der Waals surface area (Å²) in [6, 6.07) is 15.8. The van der Waals surface area contributed by atoms with Gasteiger partial charge >= 0.3 is 0 Å². The van der Waals surface area contributed by atoms with Crippen LogP contribution < -0.4 is 4.74 Å². The first-order chi connectivity index (χ1) is 14.6. The van der Waals surface area contributed by atoms with Crippen molar-refractivity contribution in [1.29, 1.82) is 0 Å². The molecule has 2 heterocycles. The zero-order valence-electron chi connectivity index (χ0n) is 17.5. The Morgan fingerprint density at radius 1 is 1.17 bits per heavy atom. The number of hydrogen-bond acceptors (Lipinski definition) is 6. The maximum absolute atomic E-state index is 10.2. The topological polar surface area (TPSA) is 63.4 Å². The second-order valence-corrected chi connectivity index (χ2v) is 8.69. The zero-order valence-corrected chi connectivity index (χ0v) is 18.3. The van der Waals surface area contributed by atoms with Crippen LogP contribution in [-0.4, -0.2) is 45.0 Å². The molecule has 0 spiro atoms. The number of likely N-dealkylation sites (tertiary alicyclic amines) is 1. The van der Waals surface area contributed by atoms with Gasteiger partial charge in [-0.05, 0) is 43.1 Å². The van der Waals surface area contributed by atoms with Gasteiger partial charge in [-0.15, -0.1) is 10.2 Å². The first-order valence-electron chi connectivity index (χ1n) is 10.3. The Labute approximate surface area is 181 Å².